The maximum Gasteiger partial charge on any atom is 0.332 e. The lowest BCUT2D eigenvalue weighted by molar-refractivity contribution is 0.153. The van der Waals surface area contributed by atoms with Crippen molar-refractivity contribution in [2.45, 2.75) is 168 Å². The van der Waals surface area contributed by atoms with Crippen molar-refractivity contribution in [2.75, 3.05) is 19.8 Å². The van der Waals surface area contributed by atoms with E-state index >= 15 is 0 Å². The molecule has 0 unspecified atom stereocenters. The Kier molecular flexibility index (Phi) is 30.6. The van der Waals surface area contributed by atoms with Gasteiger partial charge >= 0.3 is 8.60 Å². The molecular weight excluding hydrogens is 427 g/mol. The summed E-state index contributed by atoms with van der Waals surface area (Å²) in [4.78, 5) is 0. The monoisotopic (exact) mass is 488 g/mol. The molecule has 0 saturated carbocycles. The molecule has 0 amide bonds. The molecule has 0 aliphatic rings. The third-order valence-electron chi connectivity index (χ3n) is 6.33. The molecule has 0 spiro atoms. The van der Waals surface area contributed by atoms with Crippen LogP contribution in [0.2, 0.25) is 0 Å². The second-order valence-electron chi connectivity index (χ2n) is 9.79. The molecule has 0 N–H and O–H groups in total. The Balaban J connectivity index is 3.84. The van der Waals surface area contributed by atoms with Crippen molar-refractivity contribution in [3.63, 3.8) is 0 Å². The molecule has 0 fully saturated rings. The van der Waals surface area contributed by atoms with Crippen molar-refractivity contribution in [3.05, 3.63) is 0 Å². The van der Waals surface area contributed by atoms with Crippen molar-refractivity contribution in [3.8, 4) is 0 Å². The van der Waals surface area contributed by atoms with Crippen LogP contribution in [0.3, 0.4) is 0 Å². The van der Waals surface area contributed by atoms with E-state index in [1.54, 1.807) is 0 Å². The van der Waals surface area contributed by atoms with Gasteiger partial charge in [0, 0.05) is 0 Å². The average molecular weight is 489 g/mol. The Hall–Kier alpha value is 0.310. The Morgan fingerprint density at radius 1 is 0.303 bits per heavy atom. The van der Waals surface area contributed by atoms with Gasteiger partial charge in [0.15, 0.2) is 0 Å². The first-order chi connectivity index (χ1) is 16.3. The summed E-state index contributed by atoms with van der Waals surface area (Å²) in [6.45, 7) is 9.19. The van der Waals surface area contributed by atoms with Crippen LogP contribution in [0.4, 0.5) is 0 Å². The highest BCUT2D eigenvalue weighted by Gasteiger charge is 2.12. The van der Waals surface area contributed by atoms with Gasteiger partial charge < -0.3 is 13.6 Å². The molecule has 3 nitrogen and oxygen atoms in total. The third-order valence-corrected chi connectivity index (χ3v) is 7.51. The maximum atomic E-state index is 6.04. The van der Waals surface area contributed by atoms with Gasteiger partial charge in [-0.05, 0) is 19.3 Å². The molecule has 0 saturated heterocycles. The molecular formula is C29H61O3P. The topological polar surface area (TPSA) is 27.7 Å². The van der Waals surface area contributed by atoms with Gasteiger partial charge in [0.05, 0.1) is 19.8 Å². The molecule has 33 heavy (non-hydrogen) atoms. The first-order valence-electron chi connectivity index (χ1n) is 15.0. The number of unbranched alkanes of at least 4 members (excludes halogenated alkanes) is 20. The molecule has 0 heterocycles. The molecule has 0 rings (SSSR count). The van der Waals surface area contributed by atoms with Crippen LogP contribution in [-0.2, 0) is 13.6 Å². The van der Waals surface area contributed by atoms with Crippen molar-refractivity contribution in [1.29, 1.82) is 0 Å². The minimum atomic E-state index is -1.16. The minimum Gasteiger partial charge on any atom is -0.312 e. The van der Waals surface area contributed by atoms with E-state index in [0.29, 0.717) is 0 Å². The van der Waals surface area contributed by atoms with Gasteiger partial charge in [-0.1, -0.05) is 149 Å². The molecule has 0 aromatic rings. The fraction of sp³-hybridized carbons (Fsp3) is 1.00. The molecule has 0 aliphatic heterocycles. The van der Waals surface area contributed by atoms with E-state index in [9.17, 15) is 0 Å². The highest BCUT2D eigenvalue weighted by atomic mass is 31.2. The Morgan fingerprint density at radius 3 is 0.758 bits per heavy atom. The van der Waals surface area contributed by atoms with Crippen molar-refractivity contribution in [1.82, 2.24) is 0 Å². The second-order valence-corrected chi connectivity index (χ2v) is 11.0. The van der Waals surface area contributed by atoms with Gasteiger partial charge in [0.1, 0.15) is 0 Å². The van der Waals surface area contributed by atoms with E-state index in [4.69, 9.17) is 13.6 Å². The highest BCUT2D eigenvalue weighted by molar-refractivity contribution is 7.41. The summed E-state index contributed by atoms with van der Waals surface area (Å²) < 4.78 is 18.1. The molecule has 0 aromatic carbocycles. The summed E-state index contributed by atoms with van der Waals surface area (Å²) in [5.41, 5.74) is 0. The van der Waals surface area contributed by atoms with E-state index in [0.717, 1.165) is 39.1 Å². The van der Waals surface area contributed by atoms with Crippen LogP contribution in [0.5, 0.6) is 0 Å². The first-order valence-corrected chi connectivity index (χ1v) is 16.1. The number of hydrogen-bond donors (Lipinski definition) is 0. The summed E-state index contributed by atoms with van der Waals surface area (Å²) in [6, 6.07) is 0. The quantitative estimate of drug-likeness (QED) is 0.0773. The lowest BCUT2D eigenvalue weighted by Gasteiger charge is -2.17. The van der Waals surface area contributed by atoms with Crippen molar-refractivity contribution in [2.24, 2.45) is 0 Å². The molecule has 0 aliphatic carbocycles. The standard InChI is InChI=1S/C29H61O3P/c1-4-7-10-13-16-19-22-25-28-31-33(30-27-24-21-18-15-12-9-6-3)32-29-26-23-20-17-14-11-8-5-2/h4-29H2,1-3H3. The van der Waals surface area contributed by atoms with Gasteiger partial charge in [-0.3, -0.25) is 0 Å². The second kappa shape index (κ2) is 30.3. The number of hydrogen-bond acceptors (Lipinski definition) is 3. The van der Waals surface area contributed by atoms with E-state index in [-0.39, 0.29) is 0 Å². The predicted octanol–water partition coefficient (Wildman–Crippen LogP) is 11.3. The molecule has 0 bridgehead atoms. The van der Waals surface area contributed by atoms with Crippen LogP contribution in [0.1, 0.15) is 168 Å². The van der Waals surface area contributed by atoms with Crippen LogP contribution < -0.4 is 0 Å². The van der Waals surface area contributed by atoms with Crippen LogP contribution in [0, 0.1) is 0 Å². The van der Waals surface area contributed by atoms with Crippen LogP contribution in [-0.4, -0.2) is 19.8 Å². The molecule has 200 valence electrons. The minimum absolute atomic E-state index is 0.786. The van der Waals surface area contributed by atoms with Crippen molar-refractivity contribution >= 4 is 8.60 Å². The summed E-state index contributed by atoms with van der Waals surface area (Å²) in [5.74, 6) is 0. The molecule has 0 aromatic heterocycles. The molecule has 0 atom stereocenters. The van der Waals surface area contributed by atoms with E-state index < -0.39 is 8.60 Å². The molecule has 4 heteroatoms. The van der Waals surface area contributed by atoms with Crippen LogP contribution >= 0.6 is 8.60 Å². The number of rotatable bonds is 29. The Labute approximate surface area is 210 Å². The fourth-order valence-corrected chi connectivity index (χ4v) is 5.12. The van der Waals surface area contributed by atoms with Crippen LogP contribution in [0.15, 0.2) is 0 Å². The van der Waals surface area contributed by atoms with E-state index in [1.807, 2.05) is 0 Å². The predicted molar refractivity (Wildman–Crippen MR) is 148 cm³/mol. The highest BCUT2D eigenvalue weighted by Crippen LogP contribution is 2.40. The summed E-state index contributed by atoms with van der Waals surface area (Å²) in [6.07, 6.45) is 30.4. The lowest BCUT2D eigenvalue weighted by atomic mass is 10.1. The SMILES string of the molecule is CCCCCCCCCCOP(OCCCCCCCCC)OCCCCCCCCCC. The fourth-order valence-electron chi connectivity index (χ4n) is 4.06. The third kappa shape index (κ3) is 28.4. The molecule has 0 radical (unpaired) electrons. The lowest BCUT2D eigenvalue weighted by Crippen LogP contribution is -2.00. The largest absolute Gasteiger partial charge is 0.332 e. The van der Waals surface area contributed by atoms with E-state index in [2.05, 4.69) is 20.8 Å². The Bertz CT molecular complexity index is 319. The van der Waals surface area contributed by atoms with Crippen molar-refractivity contribution < 1.29 is 13.6 Å². The Morgan fingerprint density at radius 2 is 0.515 bits per heavy atom. The average Bonchev–Trinajstić information content (AvgIpc) is 2.83. The zero-order chi connectivity index (χ0) is 24.1. The summed E-state index contributed by atoms with van der Waals surface area (Å²) >= 11 is 0. The summed E-state index contributed by atoms with van der Waals surface area (Å²) in [7, 11) is -1.16. The smallest absolute Gasteiger partial charge is 0.312 e. The van der Waals surface area contributed by atoms with E-state index in [1.165, 1.54) is 128 Å². The van der Waals surface area contributed by atoms with Gasteiger partial charge in [0.2, 0.25) is 0 Å². The normalized spacial score (nSPS) is 11.6. The van der Waals surface area contributed by atoms with Gasteiger partial charge in [-0.15, -0.1) is 0 Å². The van der Waals surface area contributed by atoms with Gasteiger partial charge in [0.25, 0.3) is 0 Å². The zero-order valence-corrected chi connectivity index (χ0v) is 24.0. The van der Waals surface area contributed by atoms with Gasteiger partial charge in [-0.2, -0.15) is 0 Å². The van der Waals surface area contributed by atoms with Gasteiger partial charge in [-0.25, -0.2) is 0 Å². The zero-order valence-electron chi connectivity index (χ0n) is 23.1. The van der Waals surface area contributed by atoms with Crippen LogP contribution in [0.25, 0.3) is 0 Å². The first kappa shape index (κ1) is 33.3. The summed E-state index contributed by atoms with van der Waals surface area (Å²) in [5, 5.41) is 0. The maximum absolute atomic E-state index is 6.04.